The minimum Gasteiger partial charge on any atom is -0.392 e. The van der Waals surface area contributed by atoms with Crippen molar-refractivity contribution in [2.45, 2.75) is 106 Å². The van der Waals surface area contributed by atoms with E-state index in [9.17, 15) is 20.4 Å². The topological polar surface area (TPSA) is 99.4 Å². The number of rotatable bonds is 5. The SMILES string of the molecule is OC(c1ccccc1)C1OC2(CCCC2)OC1C(O)(c1ccccc1)c1ccccc1.OC1CCCC12CCCC2O. The van der Waals surface area contributed by atoms with E-state index in [1.54, 1.807) is 0 Å². The molecule has 4 N–H and O–H groups in total. The Balaban J connectivity index is 0.000000240. The zero-order valence-electron chi connectivity index (χ0n) is 24.2. The summed E-state index contributed by atoms with van der Waals surface area (Å²) in [6.07, 6.45) is 6.76. The number of ether oxygens (including phenoxy) is 2. The van der Waals surface area contributed by atoms with Crippen LogP contribution in [0.1, 0.15) is 87.0 Å². The molecule has 3 aliphatic carbocycles. The average molecular weight is 573 g/mol. The van der Waals surface area contributed by atoms with Crippen LogP contribution in [0, 0.1) is 5.41 Å². The summed E-state index contributed by atoms with van der Waals surface area (Å²) in [7, 11) is 0. The van der Waals surface area contributed by atoms with E-state index in [1.807, 2.05) is 91.0 Å². The molecule has 4 fully saturated rings. The number of aliphatic hydroxyl groups is 4. The van der Waals surface area contributed by atoms with Gasteiger partial charge in [-0.25, -0.2) is 0 Å². The van der Waals surface area contributed by atoms with Gasteiger partial charge in [0.05, 0.1) is 12.2 Å². The molecule has 224 valence electrons. The molecular formula is C36H44O6. The van der Waals surface area contributed by atoms with Gasteiger partial charge < -0.3 is 29.9 Å². The summed E-state index contributed by atoms with van der Waals surface area (Å²) in [5, 5.41) is 43.1. The first kappa shape index (κ1) is 29.5. The molecule has 5 unspecified atom stereocenters. The van der Waals surface area contributed by atoms with E-state index < -0.39 is 29.7 Å². The largest absolute Gasteiger partial charge is 0.392 e. The highest BCUT2D eigenvalue weighted by molar-refractivity contribution is 5.39. The van der Waals surface area contributed by atoms with Gasteiger partial charge in [0, 0.05) is 18.3 Å². The third-order valence-electron chi connectivity index (χ3n) is 10.2. The molecule has 0 amide bonds. The Kier molecular flexibility index (Phi) is 8.56. The van der Waals surface area contributed by atoms with Crippen LogP contribution in [0.2, 0.25) is 0 Å². The fourth-order valence-electron chi connectivity index (χ4n) is 7.90. The first-order valence-electron chi connectivity index (χ1n) is 15.7. The van der Waals surface area contributed by atoms with E-state index in [0.717, 1.165) is 80.9 Å². The van der Waals surface area contributed by atoms with Crippen molar-refractivity contribution in [3.63, 3.8) is 0 Å². The third kappa shape index (κ3) is 5.34. The average Bonchev–Trinajstić information content (AvgIpc) is 3.84. The quantitative estimate of drug-likeness (QED) is 0.310. The highest BCUT2D eigenvalue weighted by Crippen LogP contribution is 2.52. The molecule has 6 heteroatoms. The van der Waals surface area contributed by atoms with Crippen LogP contribution in [-0.2, 0) is 15.1 Å². The zero-order chi connectivity index (χ0) is 29.2. The van der Waals surface area contributed by atoms with Gasteiger partial charge in [0.25, 0.3) is 0 Å². The van der Waals surface area contributed by atoms with Gasteiger partial charge in [-0.15, -0.1) is 0 Å². The predicted molar refractivity (Wildman–Crippen MR) is 160 cm³/mol. The van der Waals surface area contributed by atoms with Gasteiger partial charge >= 0.3 is 0 Å². The van der Waals surface area contributed by atoms with Gasteiger partial charge in [-0.2, -0.15) is 0 Å². The summed E-state index contributed by atoms with van der Waals surface area (Å²) in [5.74, 6) is -0.761. The van der Waals surface area contributed by atoms with Crippen LogP contribution in [-0.4, -0.2) is 50.6 Å². The first-order valence-corrected chi connectivity index (χ1v) is 15.7. The molecule has 5 atom stereocenters. The van der Waals surface area contributed by atoms with Crippen molar-refractivity contribution in [1.82, 2.24) is 0 Å². The number of hydrogen-bond acceptors (Lipinski definition) is 6. The van der Waals surface area contributed by atoms with Crippen molar-refractivity contribution in [2.24, 2.45) is 5.41 Å². The van der Waals surface area contributed by atoms with Crippen LogP contribution in [0.5, 0.6) is 0 Å². The maximum Gasteiger partial charge on any atom is 0.169 e. The van der Waals surface area contributed by atoms with E-state index >= 15 is 0 Å². The second-order valence-corrected chi connectivity index (χ2v) is 12.6. The lowest BCUT2D eigenvalue weighted by Crippen LogP contribution is -2.48. The molecule has 3 aromatic carbocycles. The lowest BCUT2D eigenvalue weighted by atomic mass is 9.78. The first-order chi connectivity index (χ1) is 20.4. The smallest absolute Gasteiger partial charge is 0.169 e. The molecule has 4 aliphatic rings. The van der Waals surface area contributed by atoms with Crippen LogP contribution in [0.4, 0.5) is 0 Å². The van der Waals surface area contributed by atoms with E-state index in [-0.39, 0.29) is 17.6 Å². The fourth-order valence-corrected chi connectivity index (χ4v) is 7.90. The zero-order valence-corrected chi connectivity index (χ0v) is 24.2. The van der Waals surface area contributed by atoms with Crippen molar-refractivity contribution < 1.29 is 29.9 Å². The third-order valence-corrected chi connectivity index (χ3v) is 10.2. The van der Waals surface area contributed by atoms with Crippen LogP contribution >= 0.6 is 0 Å². The highest BCUT2D eigenvalue weighted by Gasteiger charge is 2.59. The predicted octanol–water partition coefficient (Wildman–Crippen LogP) is 5.77. The monoisotopic (exact) mass is 572 g/mol. The molecule has 2 spiro atoms. The highest BCUT2D eigenvalue weighted by atomic mass is 16.8. The number of aliphatic hydroxyl groups excluding tert-OH is 3. The molecular weight excluding hydrogens is 528 g/mol. The van der Waals surface area contributed by atoms with Crippen molar-refractivity contribution in [3.8, 4) is 0 Å². The Labute approximate surface area is 249 Å². The van der Waals surface area contributed by atoms with Gasteiger partial charge in [-0.05, 0) is 55.2 Å². The molecule has 6 nitrogen and oxygen atoms in total. The van der Waals surface area contributed by atoms with E-state index in [2.05, 4.69) is 0 Å². The molecule has 42 heavy (non-hydrogen) atoms. The molecule has 7 rings (SSSR count). The summed E-state index contributed by atoms with van der Waals surface area (Å²) < 4.78 is 13.1. The minimum absolute atomic E-state index is 0.0833. The molecule has 0 radical (unpaired) electrons. The normalized spacial score (nSPS) is 30.9. The molecule has 1 saturated heterocycles. The Morgan fingerprint density at radius 2 is 1.12 bits per heavy atom. The van der Waals surface area contributed by atoms with Crippen LogP contribution in [0.3, 0.4) is 0 Å². The second-order valence-electron chi connectivity index (χ2n) is 12.6. The number of hydrogen-bond donors (Lipinski definition) is 4. The summed E-state index contributed by atoms with van der Waals surface area (Å²) >= 11 is 0. The van der Waals surface area contributed by atoms with Gasteiger partial charge in [-0.1, -0.05) is 104 Å². The van der Waals surface area contributed by atoms with E-state index in [1.165, 1.54) is 0 Å². The Hall–Kier alpha value is -2.58. The van der Waals surface area contributed by atoms with Crippen molar-refractivity contribution in [3.05, 3.63) is 108 Å². The molecule has 0 aromatic heterocycles. The second kappa shape index (κ2) is 12.2. The minimum atomic E-state index is -1.48. The summed E-state index contributed by atoms with van der Waals surface area (Å²) in [6, 6.07) is 28.6. The van der Waals surface area contributed by atoms with Crippen molar-refractivity contribution >= 4 is 0 Å². The molecule has 3 aromatic rings. The number of benzene rings is 3. The van der Waals surface area contributed by atoms with Crippen molar-refractivity contribution in [2.75, 3.05) is 0 Å². The van der Waals surface area contributed by atoms with E-state index in [0.29, 0.717) is 0 Å². The van der Waals surface area contributed by atoms with Crippen LogP contribution in [0.15, 0.2) is 91.0 Å². The van der Waals surface area contributed by atoms with E-state index in [4.69, 9.17) is 9.47 Å². The molecule has 3 saturated carbocycles. The van der Waals surface area contributed by atoms with Gasteiger partial charge in [0.2, 0.25) is 0 Å². The summed E-state index contributed by atoms with van der Waals surface area (Å²) in [6.45, 7) is 0. The molecule has 1 aliphatic heterocycles. The molecule has 1 heterocycles. The van der Waals surface area contributed by atoms with Crippen LogP contribution < -0.4 is 0 Å². The van der Waals surface area contributed by atoms with Gasteiger partial charge in [0.15, 0.2) is 5.79 Å². The van der Waals surface area contributed by atoms with Crippen LogP contribution in [0.25, 0.3) is 0 Å². The van der Waals surface area contributed by atoms with Crippen molar-refractivity contribution in [1.29, 1.82) is 0 Å². The van der Waals surface area contributed by atoms with Gasteiger partial charge in [-0.3, -0.25) is 0 Å². The fraction of sp³-hybridized carbons (Fsp3) is 0.500. The maximum atomic E-state index is 12.3. The summed E-state index contributed by atoms with van der Waals surface area (Å²) in [5.41, 5.74) is 0.625. The Bertz CT molecular complexity index is 1220. The Morgan fingerprint density at radius 1 is 0.643 bits per heavy atom. The maximum absolute atomic E-state index is 12.3. The lowest BCUT2D eigenvalue weighted by molar-refractivity contribution is -0.188. The summed E-state index contributed by atoms with van der Waals surface area (Å²) in [4.78, 5) is 0. The standard InChI is InChI=1S/C27H28O4.C9H16O2/c28-23(20-12-4-1-5-13-20)24-25(31-26(30-24)18-10-11-19-26)27(29,21-14-6-2-7-15-21)22-16-8-3-9-17-22;10-7-3-1-5-9(7)6-2-4-8(9)11/h1-9,12-17,23-25,28-29H,10-11,18-19H2;7-8,10-11H,1-6H2. The molecule has 0 bridgehead atoms. The van der Waals surface area contributed by atoms with Gasteiger partial charge in [0.1, 0.15) is 23.9 Å². The Morgan fingerprint density at radius 3 is 1.57 bits per heavy atom. The lowest BCUT2D eigenvalue weighted by Gasteiger charge is -2.38.